The van der Waals surface area contributed by atoms with E-state index in [1.165, 1.54) is 36.2 Å². The van der Waals surface area contributed by atoms with Crippen LogP contribution in [-0.4, -0.2) is 50.8 Å². The predicted molar refractivity (Wildman–Crippen MR) is 107 cm³/mol. The summed E-state index contributed by atoms with van der Waals surface area (Å²) in [6, 6.07) is 5.66. The molecule has 0 bridgehead atoms. The number of anilines is 1. The molecule has 0 saturated carbocycles. The number of halogens is 1. The number of fused-ring (bicyclic) bond motifs is 2. The molecule has 3 aromatic rings. The Balaban J connectivity index is 1.26. The Labute approximate surface area is 163 Å². The Hall–Kier alpha value is -2.18. The number of aromatic nitrogens is 4. The summed E-state index contributed by atoms with van der Waals surface area (Å²) in [5.41, 5.74) is 5.95. The summed E-state index contributed by atoms with van der Waals surface area (Å²) in [4.78, 5) is 14.1. The molecule has 6 nitrogen and oxygen atoms in total. The molecule has 1 saturated heterocycles. The summed E-state index contributed by atoms with van der Waals surface area (Å²) in [7, 11) is 2.08. The first kappa shape index (κ1) is 17.0. The second-order valence-electron chi connectivity index (χ2n) is 7.47. The Morgan fingerprint density at radius 3 is 2.78 bits per heavy atom. The number of hydrogen-bond donors (Lipinski definition) is 0. The van der Waals surface area contributed by atoms with Gasteiger partial charge in [0.25, 0.3) is 0 Å². The Kier molecular flexibility index (Phi) is 4.25. The van der Waals surface area contributed by atoms with Crippen molar-refractivity contribution in [2.45, 2.75) is 25.8 Å². The van der Waals surface area contributed by atoms with Gasteiger partial charge in [0.05, 0.1) is 22.9 Å². The topological polar surface area (TPSA) is 50.1 Å². The molecule has 1 aromatic carbocycles. The summed E-state index contributed by atoms with van der Waals surface area (Å²) >= 11 is 6.04. The van der Waals surface area contributed by atoms with Gasteiger partial charge in [0.2, 0.25) is 0 Å². The third-order valence-corrected chi connectivity index (χ3v) is 5.99. The number of piperazine rings is 1. The first-order valence-corrected chi connectivity index (χ1v) is 9.98. The molecule has 3 heterocycles. The largest absolute Gasteiger partial charge is 0.353 e. The summed E-state index contributed by atoms with van der Waals surface area (Å²) in [6.07, 6.45) is 5.50. The van der Waals surface area contributed by atoms with E-state index in [1.54, 1.807) is 0 Å². The van der Waals surface area contributed by atoms with Crippen molar-refractivity contribution in [3.05, 3.63) is 46.4 Å². The molecule has 0 atom stereocenters. The lowest BCUT2D eigenvalue weighted by atomic mass is 10.2. The minimum absolute atomic E-state index is 0.694. The maximum Gasteiger partial charge on any atom is 0.147 e. The molecule has 5 rings (SSSR count). The Morgan fingerprint density at radius 2 is 1.93 bits per heavy atom. The van der Waals surface area contributed by atoms with Gasteiger partial charge in [0.15, 0.2) is 0 Å². The first-order chi connectivity index (χ1) is 13.2. The van der Waals surface area contributed by atoms with E-state index in [2.05, 4.69) is 26.5 Å². The zero-order valence-corrected chi connectivity index (χ0v) is 16.3. The van der Waals surface area contributed by atoms with E-state index >= 15 is 0 Å². The number of nitrogens with zero attached hydrogens (tertiary/aromatic N) is 6. The van der Waals surface area contributed by atoms with Gasteiger partial charge in [0, 0.05) is 50.5 Å². The molecule has 7 heteroatoms. The van der Waals surface area contributed by atoms with Crippen molar-refractivity contribution in [3.63, 3.8) is 0 Å². The number of aryl methyl sites for hydroxylation is 1. The third-order valence-electron chi connectivity index (χ3n) is 5.76. The van der Waals surface area contributed by atoms with Gasteiger partial charge in [-0.05, 0) is 43.0 Å². The first-order valence-electron chi connectivity index (χ1n) is 9.60. The van der Waals surface area contributed by atoms with Crippen LogP contribution >= 0.6 is 11.6 Å². The summed E-state index contributed by atoms with van der Waals surface area (Å²) in [5, 5.41) is 5.47. The summed E-state index contributed by atoms with van der Waals surface area (Å²) < 4.78 is 2.09. The highest BCUT2D eigenvalue weighted by atomic mass is 35.5. The van der Waals surface area contributed by atoms with Crippen LogP contribution in [0.4, 0.5) is 5.82 Å². The Morgan fingerprint density at radius 1 is 1.07 bits per heavy atom. The molecule has 140 valence electrons. The lowest BCUT2D eigenvalue weighted by Crippen LogP contribution is -2.46. The van der Waals surface area contributed by atoms with Gasteiger partial charge >= 0.3 is 0 Å². The fourth-order valence-corrected chi connectivity index (χ4v) is 4.46. The molecule has 1 aliphatic heterocycles. The van der Waals surface area contributed by atoms with E-state index < -0.39 is 0 Å². The fourth-order valence-electron chi connectivity index (χ4n) is 4.30. The number of benzene rings is 1. The van der Waals surface area contributed by atoms with Gasteiger partial charge in [0.1, 0.15) is 5.82 Å². The lowest BCUT2D eigenvalue weighted by Gasteiger charge is -2.35. The molecule has 0 radical (unpaired) electrons. The van der Waals surface area contributed by atoms with Crippen LogP contribution in [0.2, 0.25) is 5.02 Å². The van der Waals surface area contributed by atoms with Crippen molar-refractivity contribution >= 4 is 28.5 Å². The second kappa shape index (κ2) is 6.77. The lowest BCUT2D eigenvalue weighted by molar-refractivity contribution is 0.245. The average molecular weight is 383 g/mol. The minimum Gasteiger partial charge on any atom is -0.353 e. The van der Waals surface area contributed by atoms with Gasteiger partial charge in [-0.1, -0.05) is 11.6 Å². The van der Waals surface area contributed by atoms with E-state index in [4.69, 9.17) is 21.7 Å². The molecule has 2 aromatic heterocycles. The molecule has 27 heavy (non-hydrogen) atoms. The molecule has 2 aliphatic rings. The average Bonchev–Trinajstić information content (AvgIpc) is 3.27. The van der Waals surface area contributed by atoms with Crippen LogP contribution < -0.4 is 4.90 Å². The standard InChI is InChI=1S/C20H23ClN6/c1-25-19-4-2-3-15(19)18(24-25)13-26-7-9-27(10-8-26)20-12-22-17-11-14(21)5-6-16(17)23-20/h5-6,11-12H,2-4,7-10,13H2,1H3. The highest BCUT2D eigenvalue weighted by Crippen LogP contribution is 2.26. The van der Waals surface area contributed by atoms with E-state index in [0.29, 0.717) is 5.02 Å². The van der Waals surface area contributed by atoms with E-state index in [0.717, 1.165) is 49.6 Å². The van der Waals surface area contributed by atoms with Crippen LogP contribution in [0.3, 0.4) is 0 Å². The van der Waals surface area contributed by atoms with Crippen LogP contribution in [0.25, 0.3) is 11.0 Å². The molecule has 0 amide bonds. The second-order valence-corrected chi connectivity index (χ2v) is 7.91. The van der Waals surface area contributed by atoms with Gasteiger partial charge < -0.3 is 4.90 Å². The Bertz CT molecular complexity index is 990. The molecule has 0 spiro atoms. The molecule has 1 fully saturated rings. The van der Waals surface area contributed by atoms with E-state index in [1.807, 2.05) is 24.4 Å². The highest BCUT2D eigenvalue weighted by molar-refractivity contribution is 6.31. The molecule has 1 aliphatic carbocycles. The molecule has 0 N–H and O–H groups in total. The van der Waals surface area contributed by atoms with Crippen LogP contribution in [0, 0.1) is 0 Å². The van der Waals surface area contributed by atoms with Crippen LogP contribution in [0.15, 0.2) is 24.4 Å². The van der Waals surface area contributed by atoms with Crippen molar-refractivity contribution in [2.75, 3.05) is 31.1 Å². The monoisotopic (exact) mass is 382 g/mol. The summed E-state index contributed by atoms with van der Waals surface area (Å²) in [6.45, 7) is 4.92. The number of rotatable bonds is 3. The van der Waals surface area contributed by atoms with Crippen LogP contribution in [0.1, 0.15) is 23.4 Å². The maximum absolute atomic E-state index is 6.04. The van der Waals surface area contributed by atoms with Gasteiger partial charge in [-0.15, -0.1) is 0 Å². The predicted octanol–water partition coefficient (Wildman–Crippen LogP) is 2.83. The molecular weight excluding hydrogens is 360 g/mol. The number of hydrogen-bond acceptors (Lipinski definition) is 5. The third kappa shape index (κ3) is 3.17. The maximum atomic E-state index is 6.04. The van der Waals surface area contributed by atoms with Crippen molar-refractivity contribution in [1.29, 1.82) is 0 Å². The van der Waals surface area contributed by atoms with E-state index in [-0.39, 0.29) is 0 Å². The highest BCUT2D eigenvalue weighted by Gasteiger charge is 2.24. The van der Waals surface area contributed by atoms with E-state index in [9.17, 15) is 0 Å². The zero-order chi connectivity index (χ0) is 18.4. The van der Waals surface area contributed by atoms with Crippen molar-refractivity contribution in [1.82, 2.24) is 24.6 Å². The SMILES string of the molecule is Cn1nc(CN2CCN(c3cnc4cc(Cl)ccc4n3)CC2)c2c1CCC2. The van der Waals surface area contributed by atoms with Crippen molar-refractivity contribution < 1.29 is 0 Å². The minimum atomic E-state index is 0.694. The zero-order valence-electron chi connectivity index (χ0n) is 15.5. The van der Waals surface area contributed by atoms with Gasteiger partial charge in [-0.3, -0.25) is 14.6 Å². The van der Waals surface area contributed by atoms with Crippen molar-refractivity contribution in [3.8, 4) is 0 Å². The molecular formula is C20H23ClN6. The quantitative estimate of drug-likeness (QED) is 0.697. The van der Waals surface area contributed by atoms with Crippen molar-refractivity contribution in [2.24, 2.45) is 7.05 Å². The fraction of sp³-hybridized carbons (Fsp3) is 0.450. The van der Waals surface area contributed by atoms with Gasteiger partial charge in [-0.2, -0.15) is 5.10 Å². The van der Waals surface area contributed by atoms with Gasteiger partial charge in [-0.25, -0.2) is 4.98 Å². The summed E-state index contributed by atoms with van der Waals surface area (Å²) in [5.74, 6) is 0.947. The van der Waals surface area contributed by atoms with Crippen LogP contribution in [0.5, 0.6) is 0 Å². The van der Waals surface area contributed by atoms with Crippen LogP contribution in [-0.2, 0) is 26.4 Å². The molecule has 0 unspecified atom stereocenters. The normalized spacial score (nSPS) is 17.6. The smallest absolute Gasteiger partial charge is 0.147 e.